The van der Waals surface area contributed by atoms with Crippen LogP contribution in [-0.4, -0.2) is 51.6 Å². The minimum atomic E-state index is -1.39. The monoisotopic (exact) mass is 164 g/mol. The number of aliphatic hydroxyl groups excluding tert-OH is 4. The molecule has 1 aliphatic rings. The maximum atomic E-state index is 9.05. The molecule has 4 atom stereocenters. The van der Waals surface area contributed by atoms with E-state index < -0.39 is 24.6 Å². The molecular weight excluding hydrogens is 152 g/mol. The summed E-state index contributed by atoms with van der Waals surface area (Å²) in [4.78, 5) is 0. The van der Waals surface area contributed by atoms with Crippen molar-refractivity contribution in [3.8, 4) is 0 Å². The highest BCUT2D eigenvalue weighted by Gasteiger charge is 2.34. The van der Waals surface area contributed by atoms with E-state index in [0.717, 1.165) is 0 Å². The highest BCUT2D eigenvalue weighted by molar-refractivity contribution is 4.79. The van der Waals surface area contributed by atoms with E-state index in [4.69, 9.17) is 25.2 Å². The van der Waals surface area contributed by atoms with Crippen molar-refractivity contribution in [2.24, 2.45) is 0 Å². The van der Waals surface area contributed by atoms with Crippen molar-refractivity contribution in [2.75, 3.05) is 6.61 Å². The lowest BCUT2D eigenvalue weighted by molar-refractivity contribution is -0.251. The fourth-order valence-electron chi connectivity index (χ4n) is 1.05. The van der Waals surface area contributed by atoms with Crippen LogP contribution in [0.5, 0.6) is 0 Å². The van der Waals surface area contributed by atoms with Crippen molar-refractivity contribution < 1.29 is 25.2 Å². The van der Waals surface area contributed by atoms with E-state index in [0.29, 0.717) is 0 Å². The van der Waals surface area contributed by atoms with Gasteiger partial charge < -0.3 is 25.2 Å². The third-order valence-electron chi connectivity index (χ3n) is 1.73. The molecule has 5 heteroatoms. The normalized spacial score (nSPS) is 45.8. The van der Waals surface area contributed by atoms with Gasteiger partial charge >= 0.3 is 0 Å². The number of hydrogen-bond donors (Lipinski definition) is 4. The molecule has 0 spiro atoms. The van der Waals surface area contributed by atoms with Crippen LogP contribution in [0, 0.1) is 0 Å². The molecule has 0 amide bonds. The topological polar surface area (TPSA) is 90.2 Å². The molecule has 1 fully saturated rings. The van der Waals surface area contributed by atoms with Gasteiger partial charge in [-0.05, 0) is 0 Å². The summed E-state index contributed by atoms with van der Waals surface area (Å²) in [5.41, 5.74) is 0. The van der Waals surface area contributed by atoms with Crippen LogP contribution in [0.25, 0.3) is 0 Å². The van der Waals surface area contributed by atoms with E-state index >= 15 is 0 Å². The zero-order valence-corrected chi connectivity index (χ0v) is 5.92. The van der Waals surface area contributed by atoms with Gasteiger partial charge in [0.25, 0.3) is 0 Å². The summed E-state index contributed by atoms with van der Waals surface area (Å²) in [5.74, 6) is 0. The molecule has 0 aromatic rings. The first-order valence-electron chi connectivity index (χ1n) is 3.45. The van der Waals surface area contributed by atoms with E-state index in [1.807, 2.05) is 0 Å². The minimum Gasteiger partial charge on any atom is -0.394 e. The largest absolute Gasteiger partial charge is 0.394 e. The van der Waals surface area contributed by atoms with Gasteiger partial charge in [0.1, 0.15) is 6.10 Å². The van der Waals surface area contributed by atoms with Crippen molar-refractivity contribution in [1.82, 2.24) is 0 Å². The Hall–Kier alpha value is -0.200. The Morgan fingerprint density at radius 3 is 2.36 bits per heavy atom. The average Bonchev–Trinajstić information content (AvgIpc) is 1.99. The molecule has 5 nitrogen and oxygen atoms in total. The lowest BCUT2D eigenvalue weighted by Crippen LogP contribution is -2.49. The third kappa shape index (κ3) is 1.88. The van der Waals surface area contributed by atoms with Crippen LogP contribution in [0.15, 0.2) is 0 Å². The molecular formula is C6H12O5. The van der Waals surface area contributed by atoms with Crippen LogP contribution in [0.3, 0.4) is 0 Å². The van der Waals surface area contributed by atoms with Crippen LogP contribution < -0.4 is 0 Å². The molecule has 0 saturated carbocycles. The predicted octanol–water partition coefficient (Wildman–Crippen LogP) is -2.19. The van der Waals surface area contributed by atoms with Gasteiger partial charge in [-0.3, -0.25) is 0 Å². The van der Waals surface area contributed by atoms with Crippen LogP contribution >= 0.6 is 0 Å². The van der Waals surface area contributed by atoms with Crippen LogP contribution in [0.2, 0.25) is 0 Å². The Balaban J connectivity index is 2.47. The van der Waals surface area contributed by atoms with Gasteiger partial charge in [0.15, 0.2) is 6.29 Å². The molecule has 1 saturated heterocycles. The quantitative estimate of drug-likeness (QED) is 0.353. The van der Waals surface area contributed by atoms with Gasteiger partial charge in [-0.2, -0.15) is 0 Å². The third-order valence-corrected chi connectivity index (χ3v) is 1.73. The standard InChI is InChI=1S/C6H12O5/c7-2-3-1-4(8)5(9)6(10)11-3/h3-10H,1-2H2/t3-,4-,5-,6-/m1/s1. The van der Waals surface area contributed by atoms with Crippen molar-refractivity contribution >= 4 is 0 Å². The lowest BCUT2D eigenvalue weighted by atomic mass is 10.0. The highest BCUT2D eigenvalue weighted by Crippen LogP contribution is 2.17. The Morgan fingerprint density at radius 2 is 1.91 bits per heavy atom. The number of aliphatic hydroxyl groups is 4. The fraction of sp³-hybridized carbons (Fsp3) is 1.00. The first-order chi connectivity index (χ1) is 5.15. The highest BCUT2D eigenvalue weighted by atomic mass is 16.6. The molecule has 0 aliphatic carbocycles. The van der Waals surface area contributed by atoms with Gasteiger partial charge in [0.2, 0.25) is 0 Å². The van der Waals surface area contributed by atoms with E-state index in [2.05, 4.69) is 0 Å². The summed E-state index contributed by atoms with van der Waals surface area (Å²) in [5, 5.41) is 35.5. The Kier molecular flexibility index (Phi) is 2.80. The molecule has 1 heterocycles. The number of rotatable bonds is 1. The van der Waals surface area contributed by atoms with Crippen LogP contribution in [-0.2, 0) is 4.74 Å². The second kappa shape index (κ2) is 3.46. The summed E-state index contributed by atoms with van der Waals surface area (Å²) in [6.07, 6.45) is -4.11. The second-order valence-corrected chi connectivity index (χ2v) is 2.62. The number of hydrogen-bond acceptors (Lipinski definition) is 5. The Labute approximate surface area is 63.8 Å². The molecule has 66 valence electrons. The van der Waals surface area contributed by atoms with Gasteiger partial charge in [0.05, 0.1) is 18.8 Å². The van der Waals surface area contributed by atoms with Crippen LogP contribution in [0.4, 0.5) is 0 Å². The summed E-state index contributed by atoms with van der Waals surface area (Å²) >= 11 is 0. The van der Waals surface area contributed by atoms with Gasteiger partial charge in [-0.15, -0.1) is 0 Å². The van der Waals surface area contributed by atoms with Gasteiger partial charge in [-0.25, -0.2) is 0 Å². The van der Waals surface area contributed by atoms with Crippen molar-refractivity contribution in [3.05, 3.63) is 0 Å². The molecule has 0 bridgehead atoms. The fourth-order valence-corrected chi connectivity index (χ4v) is 1.05. The zero-order valence-electron chi connectivity index (χ0n) is 5.92. The molecule has 4 N–H and O–H groups in total. The molecule has 1 rings (SSSR count). The molecule has 0 unspecified atom stereocenters. The van der Waals surface area contributed by atoms with Gasteiger partial charge in [-0.1, -0.05) is 0 Å². The summed E-state index contributed by atoms with van der Waals surface area (Å²) in [7, 11) is 0. The Bertz CT molecular complexity index is 116. The summed E-state index contributed by atoms with van der Waals surface area (Å²) in [6.45, 7) is -0.263. The summed E-state index contributed by atoms with van der Waals surface area (Å²) in [6, 6.07) is 0. The molecule has 1 aliphatic heterocycles. The maximum Gasteiger partial charge on any atom is 0.183 e. The molecule has 0 radical (unpaired) electrons. The van der Waals surface area contributed by atoms with Crippen molar-refractivity contribution in [2.45, 2.75) is 31.0 Å². The van der Waals surface area contributed by atoms with E-state index in [1.165, 1.54) is 0 Å². The smallest absolute Gasteiger partial charge is 0.183 e. The lowest BCUT2D eigenvalue weighted by Gasteiger charge is -2.33. The average molecular weight is 164 g/mol. The molecule has 0 aromatic heterocycles. The minimum absolute atomic E-state index is 0.148. The molecule has 0 aromatic carbocycles. The second-order valence-electron chi connectivity index (χ2n) is 2.62. The first-order valence-corrected chi connectivity index (χ1v) is 3.45. The summed E-state index contributed by atoms with van der Waals surface area (Å²) < 4.78 is 4.71. The van der Waals surface area contributed by atoms with Gasteiger partial charge in [0, 0.05) is 6.42 Å². The first kappa shape index (κ1) is 8.89. The van der Waals surface area contributed by atoms with Crippen molar-refractivity contribution in [3.63, 3.8) is 0 Å². The number of ether oxygens (including phenoxy) is 1. The Morgan fingerprint density at radius 1 is 1.27 bits per heavy atom. The van der Waals surface area contributed by atoms with Crippen LogP contribution in [0.1, 0.15) is 6.42 Å². The van der Waals surface area contributed by atoms with E-state index in [9.17, 15) is 0 Å². The zero-order chi connectivity index (χ0) is 8.43. The molecule has 11 heavy (non-hydrogen) atoms. The van der Waals surface area contributed by atoms with E-state index in [-0.39, 0.29) is 13.0 Å². The maximum absolute atomic E-state index is 9.05. The predicted molar refractivity (Wildman–Crippen MR) is 34.6 cm³/mol. The van der Waals surface area contributed by atoms with Crippen molar-refractivity contribution in [1.29, 1.82) is 0 Å². The van der Waals surface area contributed by atoms with E-state index in [1.54, 1.807) is 0 Å². The SMILES string of the molecule is OC[C@H]1C[C@@H](O)[C@@H](O)[C@H](O)O1.